The van der Waals surface area contributed by atoms with Crippen LogP contribution in [0.3, 0.4) is 0 Å². The summed E-state index contributed by atoms with van der Waals surface area (Å²) in [6, 6.07) is 11.3. The molecular weight excluding hydrogens is 355 g/mol. The van der Waals surface area contributed by atoms with E-state index in [1.54, 1.807) is 47.9 Å². The molecule has 1 saturated heterocycles. The van der Waals surface area contributed by atoms with Gasteiger partial charge in [0, 0.05) is 46.8 Å². The van der Waals surface area contributed by atoms with E-state index in [0.717, 1.165) is 0 Å². The van der Waals surface area contributed by atoms with Crippen molar-refractivity contribution in [2.24, 2.45) is 0 Å². The summed E-state index contributed by atoms with van der Waals surface area (Å²) in [4.78, 5) is 25.1. The average molecular weight is 374 g/mol. The minimum absolute atomic E-state index is 0.00125. The molecule has 0 aliphatic carbocycles. The number of halogens is 1. The van der Waals surface area contributed by atoms with E-state index in [-0.39, 0.29) is 22.7 Å². The van der Waals surface area contributed by atoms with Crippen molar-refractivity contribution < 1.29 is 14.1 Å². The molecule has 1 unspecified atom stereocenters. The largest absolute Gasteiger partial charge is 0.338 e. The number of hydrogen-bond acceptors (Lipinski definition) is 4. The number of aryl methyl sites for hydroxylation is 1. The monoisotopic (exact) mass is 374 g/mol. The van der Waals surface area contributed by atoms with Gasteiger partial charge >= 0.3 is 0 Å². The van der Waals surface area contributed by atoms with Crippen LogP contribution >= 0.6 is 11.8 Å². The van der Waals surface area contributed by atoms with Crippen LogP contribution in [0.4, 0.5) is 10.1 Å². The van der Waals surface area contributed by atoms with Crippen LogP contribution in [-0.4, -0.2) is 34.6 Å². The molecule has 1 fully saturated rings. The lowest BCUT2D eigenvalue weighted by Crippen LogP contribution is -2.33. The highest BCUT2D eigenvalue weighted by atomic mass is 32.2. The van der Waals surface area contributed by atoms with Gasteiger partial charge in [-0.2, -0.15) is 11.8 Å². The molecule has 7 heteroatoms. The summed E-state index contributed by atoms with van der Waals surface area (Å²) >= 11 is 1.64. The number of hydrogen-bond donors (Lipinski definition) is 0. The zero-order chi connectivity index (χ0) is 18.7. The Kier molecular flexibility index (Phi) is 5.56. The summed E-state index contributed by atoms with van der Waals surface area (Å²) in [6.07, 6.45) is 0.644. The molecule has 1 heterocycles. The number of amides is 1. The van der Waals surface area contributed by atoms with Gasteiger partial charge in [0.25, 0.3) is 11.6 Å². The second kappa shape index (κ2) is 7.86. The van der Waals surface area contributed by atoms with E-state index < -0.39 is 4.92 Å². The van der Waals surface area contributed by atoms with Crippen molar-refractivity contribution in [2.45, 2.75) is 18.6 Å². The minimum Gasteiger partial charge on any atom is -0.338 e. The van der Waals surface area contributed by atoms with Crippen molar-refractivity contribution in [3.8, 4) is 0 Å². The highest BCUT2D eigenvalue weighted by Gasteiger charge is 2.25. The molecule has 1 amide bonds. The quantitative estimate of drug-likeness (QED) is 0.591. The number of nitrogens with zero attached hydrogens (tertiary/aromatic N) is 2. The van der Waals surface area contributed by atoms with Gasteiger partial charge in [-0.1, -0.05) is 24.3 Å². The third kappa shape index (κ3) is 3.88. The molecule has 5 nitrogen and oxygen atoms in total. The number of nitro groups is 1. The Morgan fingerprint density at radius 1 is 1.27 bits per heavy atom. The van der Waals surface area contributed by atoms with Gasteiger partial charge in [0.05, 0.1) is 4.92 Å². The van der Waals surface area contributed by atoms with Gasteiger partial charge in [-0.3, -0.25) is 14.9 Å². The molecule has 2 aromatic rings. The first-order chi connectivity index (χ1) is 12.5. The Labute approximate surface area is 155 Å². The van der Waals surface area contributed by atoms with E-state index in [4.69, 9.17) is 0 Å². The fraction of sp³-hybridized carbons (Fsp3) is 0.316. The standard InChI is InChI=1S/C19H19FN2O3S/c1-13-6-7-14(12-17(13)22(24)25)19(23)21-9-8-18(26-11-10-21)15-4-2-3-5-16(15)20/h2-7,12,18H,8-11H2,1H3. The maximum atomic E-state index is 14.0. The van der Waals surface area contributed by atoms with E-state index in [2.05, 4.69) is 0 Å². The first kappa shape index (κ1) is 18.4. The first-order valence-electron chi connectivity index (χ1n) is 8.37. The maximum Gasteiger partial charge on any atom is 0.273 e. The molecule has 0 radical (unpaired) electrons. The van der Waals surface area contributed by atoms with Crippen molar-refractivity contribution in [3.63, 3.8) is 0 Å². The van der Waals surface area contributed by atoms with Crippen LogP contribution in [0.1, 0.15) is 33.2 Å². The molecular formula is C19H19FN2O3S. The summed E-state index contributed by atoms with van der Waals surface area (Å²) in [5, 5.41) is 11.1. The Balaban J connectivity index is 1.75. The van der Waals surface area contributed by atoms with E-state index in [1.165, 1.54) is 12.1 Å². The smallest absolute Gasteiger partial charge is 0.273 e. The van der Waals surface area contributed by atoms with E-state index in [9.17, 15) is 19.3 Å². The molecule has 1 aliphatic rings. The third-order valence-electron chi connectivity index (χ3n) is 4.53. The molecule has 0 spiro atoms. The second-order valence-electron chi connectivity index (χ2n) is 6.22. The van der Waals surface area contributed by atoms with Gasteiger partial charge in [0.2, 0.25) is 0 Å². The maximum absolute atomic E-state index is 14.0. The average Bonchev–Trinajstić information content (AvgIpc) is 2.88. The van der Waals surface area contributed by atoms with Crippen LogP contribution in [0.15, 0.2) is 42.5 Å². The van der Waals surface area contributed by atoms with Crippen LogP contribution in [0.5, 0.6) is 0 Å². The van der Waals surface area contributed by atoms with Crippen LogP contribution in [0.2, 0.25) is 0 Å². The Bertz CT molecular complexity index is 843. The molecule has 0 saturated carbocycles. The van der Waals surface area contributed by atoms with Crippen molar-refractivity contribution in [1.82, 2.24) is 4.90 Å². The third-order valence-corrected chi connectivity index (χ3v) is 5.84. The number of carbonyl (C=O) groups is 1. The molecule has 0 N–H and O–H groups in total. The van der Waals surface area contributed by atoms with Gasteiger partial charge < -0.3 is 4.90 Å². The van der Waals surface area contributed by atoms with E-state index in [1.807, 2.05) is 6.07 Å². The molecule has 1 atom stereocenters. The highest BCUT2D eigenvalue weighted by molar-refractivity contribution is 7.99. The van der Waals surface area contributed by atoms with Crippen molar-refractivity contribution in [2.75, 3.05) is 18.8 Å². The predicted molar refractivity (Wildman–Crippen MR) is 100.0 cm³/mol. The number of nitro benzene ring substituents is 1. The summed E-state index contributed by atoms with van der Waals surface area (Å²) in [5.41, 5.74) is 1.45. The molecule has 1 aliphatic heterocycles. The predicted octanol–water partition coefficient (Wildman–Crippen LogP) is 4.36. The SMILES string of the molecule is Cc1ccc(C(=O)N2CCSC(c3ccccc3F)CC2)cc1[N+](=O)[O-]. The lowest BCUT2D eigenvalue weighted by molar-refractivity contribution is -0.385. The van der Waals surface area contributed by atoms with Gasteiger partial charge in [-0.05, 0) is 25.5 Å². The zero-order valence-electron chi connectivity index (χ0n) is 14.4. The van der Waals surface area contributed by atoms with Crippen molar-refractivity contribution >= 4 is 23.4 Å². The van der Waals surface area contributed by atoms with Gasteiger partial charge in [-0.15, -0.1) is 0 Å². The first-order valence-corrected chi connectivity index (χ1v) is 9.42. The number of thioether (sulfide) groups is 1. The number of rotatable bonds is 3. The molecule has 0 aromatic heterocycles. The Hall–Kier alpha value is -2.41. The fourth-order valence-corrected chi connectivity index (χ4v) is 4.33. The summed E-state index contributed by atoms with van der Waals surface area (Å²) in [5.74, 6) is 0.250. The van der Waals surface area contributed by atoms with Crippen LogP contribution in [0, 0.1) is 22.9 Å². The lowest BCUT2D eigenvalue weighted by Gasteiger charge is -2.20. The normalized spacial score (nSPS) is 17.6. The van der Waals surface area contributed by atoms with E-state index in [0.29, 0.717) is 42.0 Å². The van der Waals surface area contributed by atoms with Gasteiger partial charge in [0.15, 0.2) is 0 Å². The van der Waals surface area contributed by atoms with Gasteiger partial charge in [-0.25, -0.2) is 4.39 Å². The molecule has 2 aromatic carbocycles. The molecule has 3 rings (SSSR count). The Morgan fingerprint density at radius 3 is 2.77 bits per heavy atom. The van der Waals surface area contributed by atoms with Crippen LogP contribution < -0.4 is 0 Å². The van der Waals surface area contributed by atoms with Crippen LogP contribution in [-0.2, 0) is 0 Å². The van der Waals surface area contributed by atoms with E-state index >= 15 is 0 Å². The highest BCUT2D eigenvalue weighted by Crippen LogP contribution is 2.36. The summed E-state index contributed by atoms with van der Waals surface area (Å²) < 4.78 is 14.0. The zero-order valence-corrected chi connectivity index (χ0v) is 15.2. The summed E-state index contributed by atoms with van der Waals surface area (Å²) in [6.45, 7) is 2.68. The fourth-order valence-electron chi connectivity index (χ4n) is 3.08. The minimum atomic E-state index is -0.474. The van der Waals surface area contributed by atoms with Crippen molar-refractivity contribution in [3.05, 3.63) is 75.1 Å². The number of benzene rings is 2. The Morgan fingerprint density at radius 2 is 2.04 bits per heavy atom. The lowest BCUT2D eigenvalue weighted by atomic mass is 10.1. The molecule has 0 bridgehead atoms. The molecule has 136 valence electrons. The number of carbonyl (C=O) groups excluding carboxylic acids is 1. The summed E-state index contributed by atoms with van der Waals surface area (Å²) in [7, 11) is 0. The second-order valence-corrected chi connectivity index (χ2v) is 7.53. The van der Waals surface area contributed by atoms with Gasteiger partial charge in [0.1, 0.15) is 5.82 Å². The van der Waals surface area contributed by atoms with Crippen LogP contribution in [0.25, 0.3) is 0 Å². The van der Waals surface area contributed by atoms with Crippen molar-refractivity contribution in [1.29, 1.82) is 0 Å². The molecule has 26 heavy (non-hydrogen) atoms. The topological polar surface area (TPSA) is 63.5 Å².